The molecular weight excluding hydrogens is 277 g/mol. The van der Waals surface area contributed by atoms with E-state index in [1.807, 2.05) is 27.7 Å². The van der Waals surface area contributed by atoms with Gasteiger partial charge in [0, 0.05) is 0 Å². The van der Waals surface area contributed by atoms with Crippen LogP contribution in [0.3, 0.4) is 0 Å². The number of carboxylic acid groups (broad SMARTS) is 1. The lowest BCUT2D eigenvalue weighted by Crippen LogP contribution is -2.50. The van der Waals surface area contributed by atoms with E-state index in [9.17, 15) is 4.79 Å². The van der Waals surface area contributed by atoms with Crippen molar-refractivity contribution in [1.82, 2.24) is 0 Å². The summed E-state index contributed by atoms with van der Waals surface area (Å²) in [6.45, 7) is 12.4. The van der Waals surface area contributed by atoms with Crippen molar-refractivity contribution in [3.63, 3.8) is 0 Å². The molecule has 0 heterocycles. The first-order valence-corrected chi connectivity index (χ1v) is 9.01. The molecule has 4 N–H and O–H groups in total. The lowest BCUT2D eigenvalue weighted by Gasteiger charge is -2.26. The molecule has 1 aliphatic carbocycles. The quantitative estimate of drug-likeness (QED) is 0.505. The molecule has 133 valence electrons. The Labute approximate surface area is 139 Å². The fourth-order valence-corrected chi connectivity index (χ4v) is 2.24. The highest BCUT2D eigenvalue weighted by Crippen LogP contribution is 2.37. The van der Waals surface area contributed by atoms with Gasteiger partial charge >= 0.3 is 5.97 Å². The van der Waals surface area contributed by atoms with E-state index >= 15 is 0 Å². The van der Waals surface area contributed by atoms with Gasteiger partial charge in [-0.05, 0) is 25.2 Å². The van der Waals surface area contributed by atoms with E-state index in [1.165, 1.54) is 12.8 Å². The third-order valence-electron chi connectivity index (χ3n) is 3.66. The van der Waals surface area contributed by atoms with E-state index in [2.05, 4.69) is 13.8 Å². The number of hydrogen-bond acceptors (Lipinski definition) is 3. The van der Waals surface area contributed by atoms with Crippen LogP contribution in [0, 0.1) is 5.92 Å². The molecular formula is C17H39BNO3. The summed E-state index contributed by atoms with van der Waals surface area (Å²) in [5.74, 6) is -0.812. The fraction of sp³-hybridized carbons (Fsp3) is 0.941. The molecule has 1 radical (unpaired) electrons. The van der Waals surface area contributed by atoms with Crippen molar-refractivity contribution in [3.8, 4) is 0 Å². The monoisotopic (exact) mass is 316 g/mol. The van der Waals surface area contributed by atoms with Crippen molar-refractivity contribution in [2.24, 2.45) is 11.7 Å². The molecule has 2 unspecified atom stereocenters. The van der Waals surface area contributed by atoms with E-state index in [1.54, 1.807) is 0 Å². The van der Waals surface area contributed by atoms with Crippen molar-refractivity contribution in [2.75, 3.05) is 0 Å². The summed E-state index contributed by atoms with van der Waals surface area (Å²) in [5, 5.41) is 17.5. The van der Waals surface area contributed by atoms with E-state index in [0.29, 0.717) is 12.7 Å². The normalized spacial score (nSPS) is 22.1. The predicted molar refractivity (Wildman–Crippen MR) is 97.2 cm³/mol. The first kappa shape index (κ1) is 26.4. The molecule has 0 saturated heterocycles. The summed E-state index contributed by atoms with van der Waals surface area (Å²) in [7, 11) is 1.12. The Morgan fingerprint density at radius 1 is 1.23 bits per heavy atom. The van der Waals surface area contributed by atoms with Crippen LogP contribution in [0.25, 0.3) is 0 Å². The van der Waals surface area contributed by atoms with E-state index in [-0.39, 0.29) is 5.92 Å². The molecule has 0 aromatic carbocycles. The van der Waals surface area contributed by atoms with Gasteiger partial charge < -0.3 is 15.9 Å². The van der Waals surface area contributed by atoms with Gasteiger partial charge in [0.2, 0.25) is 0 Å². The average molecular weight is 316 g/mol. The van der Waals surface area contributed by atoms with Gasteiger partial charge in [0.1, 0.15) is 5.54 Å². The summed E-state index contributed by atoms with van der Waals surface area (Å²) in [6, 6.07) is 0. The van der Waals surface area contributed by atoms with Crippen molar-refractivity contribution in [1.29, 1.82) is 0 Å². The van der Waals surface area contributed by atoms with Crippen LogP contribution in [0.5, 0.6) is 0 Å². The number of aliphatic carboxylic acids is 1. The Kier molecular flexibility index (Phi) is 22.2. The number of carboxylic acids is 1. The third kappa shape index (κ3) is 11.1. The van der Waals surface area contributed by atoms with Gasteiger partial charge in [-0.25, -0.2) is 0 Å². The molecule has 1 saturated carbocycles. The lowest BCUT2D eigenvalue weighted by molar-refractivity contribution is -0.144. The maximum atomic E-state index is 11.0. The van der Waals surface area contributed by atoms with Crippen LogP contribution < -0.4 is 5.73 Å². The molecule has 1 aliphatic rings. The van der Waals surface area contributed by atoms with Crippen LogP contribution in [0.15, 0.2) is 0 Å². The van der Waals surface area contributed by atoms with Crippen LogP contribution in [0.1, 0.15) is 86.5 Å². The zero-order chi connectivity index (χ0) is 18.0. The Hall–Kier alpha value is -0.545. The van der Waals surface area contributed by atoms with Crippen LogP contribution in [0.4, 0.5) is 0 Å². The topological polar surface area (TPSA) is 83.6 Å². The zero-order valence-electron chi connectivity index (χ0n) is 15.7. The van der Waals surface area contributed by atoms with Crippen LogP contribution in [0.2, 0.25) is 6.32 Å². The molecule has 0 aromatic rings. The Morgan fingerprint density at radius 3 is 2.09 bits per heavy atom. The number of nitrogens with two attached hydrogens (primary N) is 1. The molecule has 2 atom stereocenters. The number of carbonyl (C=O) groups is 1. The number of rotatable bonds is 6. The van der Waals surface area contributed by atoms with Crippen molar-refractivity contribution in [3.05, 3.63) is 0 Å². The van der Waals surface area contributed by atoms with Gasteiger partial charge in [-0.3, -0.25) is 4.79 Å². The zero-order valence-corrected chi connectivity index (χ0v) is 15.7. The standard InChI is InChI=1S/C9H17BNO3.C4H10.2C2H6/c11-9(8(12)13)5-1-3-7(9)4-2-6-10-14;1-3-4-2;2*1-2/h7,14H,1-6,11H2,(H,12,13);3-4H2,1-2H3;2*1-2H3. The van der Waals surface area contributed by atoms with Crippen LogP contribution in [-0.2, 0) is 4.79 Å². The molecule has 0 aromatic heterocycles. The number of hydrogen-bond donors (Lipinski definition) is 3. The molecule has 4 nitrogen and oxygen atoms in total. The van der Waals surface area contributed by atoms with Gasteiger partial charge in [0.25, 0.3) is 7.48 Å². The Morgan fingerprint density at radius 2 is 1.73 bits per heavy atom. The van der Waals surface area contributed by atoms with E-state index in [4.69, 9.17) is 15.9 Å². The third-order valence-corrected chi connectivity index (χ3v) is 3.66. The van der Waals surface area contributed by atoms with E-state index in [0.717, 1.165) is 33.2 Å². The maximum absolute atomic E-state index is 11.0. The van der Waals surface area contributed by atoms with Gasteiger partial charge in [-0.1, -0.05) is 73.5 Å². The number of unbranched alkanes of at least 4 members (excludes halogenated alkanes) is 1. The van der Waals surface area contributed by atoms with Crippen LogP contribution in [-0.4, -0.2) is 29.1 Å². The summed E-state index contributed by atoms with van der Waals surface area (Å²) >= 11 is 0. The summed E-state index contributed by atoms with van der Waals surface area (Å²) in [5.41, 5.74) is 4.84. The smallest absolute Gasteiger partial charge is 0.323 e. The van der Waals surface area contributed by atoms with Gasteiger partial charge in [-0.15, -0.1) is 0 Å². The largest absolute Gasteiger partial charge is 0.480 e. The summed E-state index contributed by atoms with van der Waals surface area (Å²) in [4.78, 5) is 11.0. The first-order valence-electron chi connectivity index (χ1n) is 9.01. The molecule has 1 rings (SSSR count). The minimum Gasteiger partial charge on any atom is -0.480 e. The summed E-state index contributed by atoms with van der Waals surface area (Å²) in [6.07, 6.45) is 7.24. The summed E-state index contributed by atoms with van der Waals surface area (Å²) < 4.78 is 0. The van der Waals surface area contributed by atoms with Crippen LogP contribution >= 0.6 is 0 Å². The molecule has 0 aliphatic heterocycles. The van der Waals surface area contributed by atoms with Gasteiger partial charge in [0.15, 0.2) is 0 Å². The van der Waals surface area contributed by atoms with Crippen molar-refractivity contribution < 1.29 is 14.9 Å². The minimum atomic E-state index is -1.02. The highest BCUT2D eigenvalue weighted by molar-refractivity contribution is 6.25. The molecule has 0 spiro atoms. The lowest BCUT2D eigenvalue weighted by atomic mass is 9.82. The Bertz CT molecular complexity index is 238. The van der Waals surface area contributed by atoms with Crippen molar-refractivity contribution in [2.45, 2.75) is 98.3 Å². The predicted octanol–water partition coefficient (Wildman–Crippen LogP) is 4.24. The first-order chi connectivity index (χ1) is 10.5. The molecule has 0 amide bonds. The molecule has 5 heteroatoms. The average Bonchev–Trinajstić information content (AvgIpc) is 2.94. The highest BCUT2D eigenvalue weighted by Gasteiger charge is 2.45. The SMILES string of the molecule is CC.CC.CCCC.NC1(C(=O)O)CCCC1CCC[B]O. The minimum absolute atomic E-state index is 0.0694. The Balaban J connectivity index is -0.000000383. The van der Waals surface area contributed by atoms with Gasteiger partial charge in [-0.2, -0.15) is 0 Å². The van der Waals surface area contributed by atoms with E-state index < -0.39 is 11.5 Å². The maximum Gasteiger partial charge on any atom is 0.323 e. The molecule has 0 bridgehead atoms. The fourth-order valence-electron chi connectivity index (χ4n) is 2.24. The highest BCUT2D eigenvalue weighted by atomic mass is 16.4. The van der Waals surface area contributed by atoms with Gasteiger partial charge in [0.05, 0.1) is 0 Å². The second-order valence-electron chi connectivity index (χ2n) is 5.05. The molecule has 1 fully saturated rings. The van der Waals surface area contributed by atoms with Crippen molar-refractivity contribution >= 4 is 13.5 Å². The second-order valence-corrected chi connectivity index (χ2v) is 5.05. The second kappa shape index (κ2) is 18.5. The molecule has 22 heavy (non-hydrogen) atoms.